The van der Waals surface area contributed by atoms with E-state index in [0.717, 1.165) is 24.2 Å². The molecule has 1 aromatic rings. The van der Waals surface area contributed by atoms with Crippen LogP contribution in [-0.2, 0) is 10.2 Å². The van der Waals surface area contributed by atoms with Gasteiger partial charge in [-0.25, -0.2) is 0 Å². The van der Waals surface area contributed by atoms with Gasteiger partial charge in [0, 0.05) is 0 Å². The lowest BCUT2D eigenvalue weighted by Gasteiger charge is -2.46. The van der Waals surface area contributed by atoms with E-state index in [9.17, 15) is 9.90 Å². The van der Waals surface area contributed by atoms with Crippen LogP contribution in [0.25, 0.3) is 0 Å². The number of hydrogen-bond donors (Lipinski definition) is 1. The first-order chi connectivity index (χ1) is 9.85. The number of benzene rings is 1. The van der Waals surface area contributed by atoms with Crippen LogP contribution in [0.1, 0.15) is 46.1 Å². The number of hydrogen-bond acceptors (Lipinski definition) is 2. The summed E-state index contributed by atoms with van der Waals surface area (Å²) in [6.07, 6.45) is 1.48. The third-order valence-corrected chi connectivity index (χ3v) is 4.56. The Morgan fingerprint density at radius 3 is 2.24 bits per heavy atom. The van der Waals surface area contributed by atoms with Crippen LogP contribution < -0.4 is 4.74 Å². The van der Waals surface area contributed by atoms with Gasteiger partial charge in [0.1, 0.15) is 5.75 Å². The second-order valence-electron chi connectivity index (χ2n) is 7.03. The molecule has 116 valence electrons. The molecule has 1 aliphatic rings. The van der Waals surface area contributed by atoms with Gasteiger partial charge in [-0.3, -0.25) is 4.79 Å². The molecule has 0 aromatic heterocycles. The van der Waals surface area contributed by atoms with Crippen LogP contribution in [0.3, 0.4) is 0 Å². The van der Waals surface area contributed by atoms with Crippen LogP contribution in [0.4, 0.5) is 0 Å². The maximum Gasteiger partial charge on any atom is 0.314 e. The van der Waals surface area contributed by atoms with Gasteiger partial charge in [0.15, 0.2) is 0 Å². The summed E-state index contributed by atoms with van der Waals surface area (Å²) in [5.74, 6) is 1.65. The summed E-state index contributed by atoms with van der Waals surface area (Å²) in [4.78, 5) is 11.7. The molecule has 1 aliphatic carbocycles. The van der Waals surface area contributed by atoms with Crippen LogP contribution in [0, 0.1) is 17.8 Å². The van der Waals surface area contributed by atoms with Crippen molar-refractivity contribution in [3.8, 4) is 5.75 Å². The van der Waals surface area contributed by atoms with E-state index < -0.39 is 11.4 Å². The largest absolute Gasteiger partial charge is 0.493 e. The molecule has 0 bridgehead atoms. The van der Waals surface area contributed by atoms with Gasteiger partial charge in [-0.2, -0.15) is 0 Å². The number of carbonyl (C=O) groups is 1. The van der Waals surface area contributed by atoms with Gasteiger partial charge in [0.2, 0.25) is 0 Å². The summed E-state index contributed by atoms with van der Waals surface area (Å²) in [6.45, 7) is 9.22. The van der Waals surface area contributed by atoms with Crippen molar-refractivity contribution in [3.05, 3.63) is 29.8 Å². The van der Waals surface area contributed by atoms with Crippen molar-refractivity contribution in [3.63, 3.8) is 0 Å². The molecule has 0 radical (unpaired) electrons. The van der Waals surface area contributed by atoms with Gasteiger partial charge in [0.05, 0.1) is 12.0 Å². The molecule has 3 heteroatoms. The number of rotatable bonds is 6. The van der Waals surface area contributed by atoms with E-state index >= 15 is 0 Å². The topological polar surface area (TPSA) is 46.5 Å². The number of carboxylic acid groups (broad SMARTS) is 1. The lowest BCUT2D eigenvalue weighted by atomic mass is 9.56. The van der Waals surface area contributed by atoms with Crippen molar-refractivity contribution >= 4 is 5.97 Å². The highest BCUT2D eigenvalue weighted by Crippen LogP contribution is 2.51. The molecule has 0 spiro atoms. The Morgan fingerprint density at radius 1 is 1.24 bits per heavy atom. The SMILES string of the molecule is CC(C)COc1ccc(C2(C(=O)O)CC(C(C)C)C2)cc1. The molecule has 0 heterocycles. The third kappa shape index (κ3) is 3.22. The summed E-state index contributed by atoms with van der Waals surface area (Å²) in [5, 5.41) is 9.65. The van der Waals surface area contributed by atoms with Crippen molar-refractivity contribution in [2.75, 3.05) is 6.61 Å². The first-order valence-electron chi connectivity index (χ1n) is 7.82. The van der Waals surface area contributed by atoms with Crippen LogP contribution >= 0.6 is 0 Å². The molecule has 3 nitrogen and oxygen atoms in total. The lowest BCUT2D eigenvalue weighted by molar-refractivity contribution is -0.150. The van der Waals surface area contributed by atoms with E-state index in [-0.39, 0.29) is 0 Å². The van der Waals surface area contributed by atoms with Gasteiger partial charge < -0.3 is 9.84 Å². The van der Waals surface area contributed by atoms with Crippen molar-refractivity contribution in [1.29, 1.82) is 0 Å². The molecule has 0 atom stereocenters. The number of carboxylic acids is 1. The average molecular weight is 290 g/mol. The zero-order valence-electron chi connectivity index (χ0n) is 13.4. The molecule has 0 amide bonds. The zero-order valence-corrected chi connectivity index (χ0v) is 13.4. The molecule has 0 unspecified atom stereocenters. The minimum absolute atomic E-state index is 0.480. The minimum Gasteiger partial charge on any atom is -0.493 e. The maximum atomic E-state index is 11.7. The summed E-state index contributed by atoms with van der Waals surface area (Å²) in [6, 6.07) is 7.62. The van der Waals surface area contributed by atoms with Gasteiger partial charge in [0.25, 0.3) is 0 Å². The standard InChI is InChI=1S/C18H26O3/c1-12(2)11-21-16-7-5-15(6-8-16)18(17(19)20)9-14(10-18)13(3)4/h5-8,12-14H,9-11H2,1-4H3,(H,19,20). The highest BCUT2D eigenvalue weighted by atomic mass is 16.5. The molecule has 2 rings (SSSR count). The molecule has 1 N–H and O–H groups in total. The molecule has 1 fully saturated rings. The van der Waals surface area contributed by atoms with Gasteiger partial charge in [-0.1, -0.05) is 39.8 Å². The zero-order chi connectivity index (χ0) is 15.6. The molecule has 1 aromatic carbocycles. The van der Waals surface area contributed by atoms with E-state index in [1.165, 1.54) is 0 Å². The number of aliphatic carboxylic acids is 1. The van der Waals surface area contributed by atoms with Crippen molar-refractivity contribution < 1.29 is 14.6 Å². The summed E-state index contributed by atoms with van der Waals surface area (Å²) in [5.41, 5.74) is 0.217. The fourth-order valence-corrected chi connectivity index (χ4v) is 2.97. The summed E-state index contributed by atoms with van der Waals surface area (Å²) < 4.78 is 5.66. The second-order valence-corrected chi connectivity index (χ2v) is 7.03. The van der Waals surface area contributed by atoms with Gasteiger partial charge in [-0.15, -0.1) is 0 Å². The Bertz CT molecular complexity index is 482. The fourth-order valence-electron chi connectivity index (χ4n) is 2.97. The van der Waals surface area contributed by atoms with E-state index in [4.69, 9.17) is 4.74 Å². The van der Waals surface area contributed by atoms with Crippen LogP contribution in [-0.4, -0.2) is 17.7 Å². The first kappa shape index (κ1) is 15.9. The average Bonchev–Trinajstić information content (AvgIpc) is 2.35. The second kappa shape index (κ2) is 6.08. The fraction of sp³-hybridized carbons (Fsp3) is 0.611. The van der Waals surface area contributed by atoms with E-state index in [0.29, 0.717) is 24.4 Å². The molecular formula is C18H26O3. The third-order valence-electron chi connectivity index (χ3n) is 4.56. The normalized spacial score (nSPS) is 25.0. The lowest BCUT2D eigenvalue weighted by Crippen LogP contribution is -2.49. The Morgan fingerprint density at radius 2 is 1.81 bits per heavy atom. The Kier molecular flexibility index (Phi) is 4.60. The summed E-state index contributed by atoms with van der Waals surface area (Å²) in [7, 11) is 0. The highest BCUT2D eigenvalue weighted by Gasteiger charge is 2.52. The monoisotopic (exact) mass is 290 g/mol. The smallest absolute Gasteiger partial charge is 0.314 e. The van der Waals surface area contributed by atoms with Gasteiger partial charge in [-0.05, 0) is 48.3 Å². The predicted molar refractivity (Wildman–Crippen MR) is 83.7 cm³/mol. The molecule has 1 saturated carbocycles. The van der Waals surface area contributed by atoms with Crippen molar-refractivity contribution in [1.82, 2.24) is 0 Å². The van der Waals surface area contributed by atoms with Crippen LogP contribution in [0.2, 0.25) is 0 Å². The Hall–Kier alpha value is -1.51. The van der Waals surface area contributed by atoms with Crippen LogP contribution in [0.5, 0.6) is 5.75 Å². The molecular weight excluding hydrogens is 264 g/mol. The van der Waals surface area contributed by atoms with E-state index in [2.05, 4.69) is 27.7 Å². The number of ether oxygens (including phenoxy) is 1. The van der Waals surface area contributed by atoms with Gasteiger partial charge >= 0.3 is 5.97 Å². The quantitative estimate of drug-likeness (QED) is 0.857. The summed E-state index contributed by atoms with van der Waals surface area (Å²) >= 11 is 0. The van der Waals surface area contributed by atoms with E-state index in [1.54, 1.807) is 0 Å². The van der Waals surface area contributed by atoms with Crippen molar-refractivity contribution in [2.45, 2.75) is 46.0 Å². The molecule has 0 aliphatic heterocycles. The Balaban J connectivity index is 2.11. The predicted octanol–water partition coefficient (Wildman–Crippen LogP) is 4.11. The molecule has 0 saturated heterocycles. The Labute approximate surface area is 127 Å². The first-order valence-corrected chi connectivity index (χ1v) is 7.82. The van der Waals surface area contributed by atoms with Crippen molar-refractivity contribution in [2.24, 2.45) is 17.8 Å². The van der Waals surface area contributed by atoms with Crippen LogP contribution in [0.15, 0.2) is 24.3 Å². The highest BCUT2D eigenvalue weighted by molar-refractivity contribution is 5.82. The minimum atomic E-state index is -0.699. The maximum absolute atomic E-state index is 11.7. The molecule has 21 heavy (non-hydrogen) atoms. The van der Waals surface area contributed by atoms with E-state index in [1.807, 2.05) is 24.3 Å².